The molecule has 0 radical (unpaired) electrons. The maximum Gasteiger partial charge on any atom is 0.228 e. The van der Waals surface area contributed by atoms with E-state index in [9.17, 15) is 9.59 Å². The van der Waals surface area contributed by atoms with Gasteiger partial charge in [0.15, 0.2) is 0 Å². The summed E-state index contributed by atoms with van der Waals surface area (Å²) in [6, 6.07) is 15.6. The lowest BCUT2D eigenvalue weighted by molar-refractivity contribution is -0.125. The smallest absolute Gasteiger partial charge is 0.228 e. The van der Waals surface area contributed by atoms with E-state index in [4.69, 9.17) is 4.74 Å². The first kappa shape index (κ1) is 19.0. The molecule has 2 N–H and O–H groups in total. The van der Waals surface area contributed by atoms with Gasteiger partial charge in [0.25, 0.3) is 0 Å². The monoisotopic (exact) mass is 366 g/mol. The highest BCUT2D eigenvalue weighted by molar-refractivity contribution is 5.99. The number of anilines is 1. The highest BCUT2D eigenvalue weighted by Gasteiger charge is 2.47. The zero-order chi connectivity index (χ0) is 19.2. The van der Waals surface area contributed by atoms with Crippen molar-refractivity contribution in [2.24, 2.45) is 11.8 Å². The number of amides is 2. The Kier molecular flexibility index (Phi) is 6.12. The molecule has 1 aliphatic rings. The summed E-state index contributed by atoms with van der Waals surface area (Å²) in [7, 11) is 1.64. The van der Waals surface area contributed by atoms with Crippen molar-refractivity contribution in [2.45, 2.75) is 26.2 Å². The van der Waals surface area contributed by atoms with E-state index in [0.29, 0.717) is 19.4 Å². The van der Waals surface area contributed by atoms with Crippen LogP contribution in [0, 0.1) is 11.8 Å². The molecule has 2 amide bonds. The molecule has 0 spiro atoms. The summed E-state index contributed by atoms with van der Waals surface area (Å²) in [6.45, 7) is 2.59. The van der Waals surface area contributed by atoms with Gasteiger partial charge in [-0.05, 0) is 42.5 Å². The summed E-state index contributed by atoms with van der Waals surface area (Å²) in [4.78, 5) is 24.7. The Morgan fingerprint density at radius 3 is 2.41 bits per heavy atom. The first-order valence-corrected chi connectivity index (χ1v) is 9.42. The van der Waals surface area contributed by atoms with E-state index < -0.39 is 0 Å². The van der Waals surface area contributed by atoms with Gasteiger partial charge >= 0.3 is 0 Å². The average Bonchev–Trinajstić information content (AvgIpc) is 3.50. The number of nitrogens with one attached hydrogen (secondary N) is 2. The maximum atomic E-state index is 12.4. The average molecular weight is 366 g/mol. The molecule has 27 heavy (non-hydrogen) atoms. The molecule has 5 heteroatoms. The van der Waals surface area contributed by atoms with Gasteiger partial charge in [-0.1, -0.05) is 43.3 Å². The van der Waals surface area contributed by atoms with Gasteiger partial charge in [0, 0.05) is 12.2 Å². The van der Waals surface area contributed by atoms with Crippen LogP contribution in [0.5, 0.6) is 5.75 Å². The Hall–Kier alpha value is -2.82. The second-order valence-corrected chi connectivity index (χ2v) is 6.80. The lowest BCUT2D eigenvalue weighted by Crippen LogP contribution is -2.29. The van der Waals surface area contributed by atoms with E-state index >= 15 is 0 Å². The third kappa shape index (κ3) is 4.67. The van der Waals surface area contributed by atoms with Gasteiger partial charge in [-0.3, -0.25) is 9.59 Å². The minimum absolute atomic E-state index is 0.0474. The number of hydrogen-bond acceptors (Lipinski definition) is 3. The van der Waals surface area contributed by atoms with Gasteiger partial charge in [0.05, 0.1) is 18.9 Å². The summed E-state index contributed by atoms with van der Waals surface area (Å²) in [5, 5.41) is 5.91. The summed E-state index contributed by atoms with van der Waals surface area (Å²) < 4.78 is 5.32. The van der Waals surface area contributed by atoms with E-state index in [2.05, 4.69) is 17.6 Å². The normalized spacial score (nSPS) is 17.9. The van der Waals surface area contributed by atoms with Crippen LogP contribution in [0.1, 0.15) is 24.5 Å². The molecule has 0 saturated heterocycles. The van der Waals surface area contributed by atoms with E-state index in [1.54, 1.807) is 7.11 Å². The number of carbonyl (C=O) groups excluding carboxylic acids is 2. The van der Waals surface area contributed by atoms with Crippen LogP contribution in [-0.4, -0.2) is 25.5 Å². The van der Waals surface area contributed by atoms with Crippen molar-refractivity contribution >= 4 is 17.5 Å². The Bertz CT molecular complexity index is 819. The second-order valence-electron chi connectivity index (χ2n) is 6.80. The highest BCUT2D eigenvalue weighted by atomic mass is 16.5. The molecule has 2 atom stereocenters. The number of methoxy groups -OCH3 is 1. The zero-order valence-electron chi connectivity index (χ0n) is 15.8. The largest absolute Gasteiger partial charge is 0.496 e. The fraction of sp³-hybridized carbons (Fsp3) is 0.364. The molecular weight excluding hydrogens is 340 g/mol. The molecule has 0 heterocycles. The molecule has 142 valence electrons. The first-order valence-electron chi connectivity index (χ1n) is 9.42. The van der Waals surface area contributed by atoms with Crippen molar-refractivity contribution in [1.82, 2.24) is 5.32 Å². The van der Waals surface area contributed by atoms with Gasteiger partial charge in [0.2, 0.25) is 11.8 Å². The number of ether oxygens (including phenoxy) is 1. The third-order valence-electron chi connectivity index (χ3n) is 5.01. The topological polar surface area (TPSA) is 67.4 Å². The molecule has 5 nitrogen and oxygen atoms in total. The van der Waals surface area contributed by atoms with Crippen LogP contribution in [0.4, 0.5) is 5.69 Å². The lowest BCUT2D eigenvalue weighted by atomic mass is 10.1. The second kappa shape index (κ2) is 8.71. The summed E-state index contributed by atoms with van der Waals surface area (Å²) >= 11 is 0. The molecular formula is C22H26N2O3. The Morgan fingerprint density at radius 1 is 1.00 bits per heavy atom. The number of carbonyl (C=O) groups is 2. The Morgan fingerprint density at radius 2 is 1.67 bits per heavy atom. The summed E-state index contributed by atoms with van der Waals surface area (Å²) in [5.41, 5.74) is 3.00. The van der Waals surface area contributed by atoms with Crippen LogP contribution in [0.15, 0.2) is 48.5 Å². The van der Waals surface area contributed by atoms with E-state index in [1.807, 2.05) is 48.5 Å². The van der Waals surface area contributed by atoms with E-state index in [0.717, 1.165) is 29.0 Å². The van der Waals surface area contributed by atoms with Crippen molar-refractivity contribution in [1.29, 1.82) is 0 Å². The van der Waals surface area contributed by atoms with Gasteiger partial charge < -0.3 is 15.4 Å². The van der Waals surface area contributed by atoms with Crippen LogP contribution in [-0.2, 0) is 22.4 Å². The quantitative estimate of drug-likeness (QED) is 0.754. The molecule has 2 aromatic carbocycles. The van der Waals surface area contributed by atoms with Crippen molar-refractivity contribution in [3.05, 3.63) is 59.7 Å². The fourth-order valence-corrected chi connectivity index (χ4v) is 3.31. The van der Waals surface area contributed by atoms with Crippen LogP contribution in [0.25, 0.3) is 0 Å². The van der Waals surface area contributed by atoms with Crippen LogP contribution >= 0.6 is 0 Å². The standard InChI is InChI=1S/C22H26N2O3/c1-3-15-8-4-6-10-19(15)24-22(26)18-14-17(18)21(25)23-13-12-16-9-5-7-11-20(16)27-2/h4-11,17-18H,3,12-14H2,1-2H3,(H,23,25)(H,24,26). The third-order valence-corrected chi connectivity index (χ3v) is 5.01. The molecule has 1 aliphatic carbocycles. The number of aryl methyl sites for hydroxylation is 1. The van der Waals surface area contributed by atoms with E-state index in [1.165, 1.54) is 0 Å². The zero-order valence-corrected chi connectivity index (χ0v) is 15.8. The maximum absolute atomic E-state index is 12.4. The minimum Gasteiger partial charge on any atom is -0.496 e. The van der Waals surface area contributed by atoms with Crippen molar-refractivity contribution < 1.29 is 14.3 Å². The molecule has 1 fully saturated rings. The Balaban J connectivity index is 1.46. The molecule has 0 bridgehead atoms. The predicted octanol–water partition coefficient (Wildman–Crippen LogP) is 3.19. The van der Waals surface area contributed by atoms with Gasteiger partial charge in [-0.15, -0.1) is 0 Å². The predicted molar refractivity (Wildman–Crippen MR) is 106 cm³/mol. The van der Waals surface area contributed by atoms with E-state index in [-0.39, 0.29) is 23.7 Å². The Labute approximate surface area is 160 Å². The van der Waals surface area contributed by atoms with Crippen LogP contribution in [0.3, 0.4) is 0 Å². The molecule has 3 rings (SSSR count). The number of para-hydroxylation sites is 2. The van der Waals surface area contributed by atoms with Gasteiger partial charge in [0.1, 0.15) is 5.75 Å². The van der Waals surface area contributed by atoms with Crippen molar-refractivity contribution in [3.8, 4) is 5.75 Å². The molecule has 0 aliphatic heterocycles. The first-order chi connectivity index (χ1) is 13.1. The molecule has 0 aromatic heterocycles. The van der Waals surface area contributed by atoms with Crippen LogP contribution < -0.4 is 15.4 Å². The SMILES string of the molecule is CCc1ccccc1NC(=O)C1CC1C(=O)NCCc1ccccc1OC. The lowest BCUT2D eigenvalue weighted by Gasteiger charge is -2.10. The number of hydrogen-bond donors (Lipinski definition) is 2. The fourth-order valence-electron chi connectivity index (χ4n) is 3.31. The number of benzene rings is 2. The summed E-state index contributed by atoms with van der Waals surface area (Å²) in [5.74, 6) is 0.247. The number of rotatable bonds is 8. The van der Waals surface area contributed by atoms with Gasteiger partial charge in [-0.25, -0.2) is 0 Å². The highest BCUT2D eigenvalue weighted by Crippen LogP contribution is 2.39. The summed E-state index contributed by atoms with van der Waals surface area (Å²) in [6.07, 6.45) is 2.16. The molecule has 2 aromatic rings. The molecule has 1 saturated carbocycles. The van der Waals surface area contributed by atoms with Crippen molar-refractivity contribution in [2.75, 3.05) is 19.0 Å². The molecule has 2 unspecified atom stereocenters. The minimum atomic E-state index is -0.235. The van der Waals surface area contributed by atoms with Crippen LogP contribution in [0.2, 0.25) is 0 Å². The van der Waals surface area contributed by atoms with Crippen molar-refractivity contribution in [3.63, 3.8) is 0 Å². The van der Waals surface area contributed by atoms with Gasteiger partial charge in [-0.2, -0.15) is 0 Å².